The first-order valence-electron chi connectivity index (χ1n) is 7.10. The van der Waals surface area contributed by atoms with Gasteiger partial charge in [0.25, 0.3) is 0 Å². The van der Waals surface area contributed by atoms with E-state index in [-0.39, 0.29) is 24.5 Å². The minimum atomic E-state index is -0.534. The van der Waals surface area contributed by atoms with E-state index in [4.69, 9.17) is 0 Å². The lowest BCUT2D eigenvalue weighted by Crippen LogP contribution is -2.53. The van der Waals surface area contributed by atoms with Crippen LogP contribution in [-0.4, -0.2) is 41.1 Å². The standard InChI is InChI=1S/C16H24N2O2/c1-11-13(15(20)18(4)16(2,3)10-19)9-12-7-5-6-8-14(12)17-11/h5-8,11,13,17,19H,9-10H2,1-4H3. The molecule has 2 unspecified atom stereocenters. The molecule has 0 radical (unpaired) electrons. The number of carbonyl (C=O) groups excluding carboxylic acids is 1. The molecule has 1 aliphatic heterocycles. The summed E-state index contributed by atoms with van der Waals surface area (Å²) in [5, 5.41) is 12.8. The first kappa shape index (κ1) is 14.9. The van der Waals surface area contributed by atoms with Crippen LogP contribution in [-0.2, 0) is 11.2 Å². The Morgan fingerprint density at radius 3 is 2.75 bits per heavy atom. The molecule has 1 heterocycles. The molecule has 2 atom stereocenters. The van der Waals surface area contributed by atoms with Crippen LogP contribution in [0.15, 0.2) is 24.3 Å². The van der Waals surface area contributed by atoms with E-state index < -0.39 is 5.54 Å². The number of para-hydroxylation sites is 1. The Morgan fingerprint density at radius 1 is 1.45 bits per heavy atom. The molecule has 20 heavy (non-hydrogen) atoms. The van der Waals surface area contributed by atoms with Crippen LogP contribution in [0.25, 0.3) is 0 Å². The van der Waals surface area contributed by atoms with Crippen molar-refractivity contribution in [3.8, 4) is 0 Å². The maximum absolute atomic E-state index is 12.7. The molecule has 4 heteroatoms. The van der Waals surface area contributed by atoms with Crippen molar-refractivity contribution in [2.75, 3.05) is 19.0 Å². The van der Waals surface area contributed by atoms with E-state index in [0.29, 0.717) is 0 Å². The molecule has 0 bridgehead atoms. The Kier molecular flexibility index (Phi) is 4.04. The van der Waals surface area contributed by atoms with Crippen LogP contribution < -0.4 is 5.32 Å². The number of rotatable bonds is 3. The van der Waals surface area contributed by atoms with Crippen LogP contribution in [0.3, 0.4) is 0 Å². The molecule has 0 aromatic heterocycles. The second kappa shape index (κ2) is 5.44. The fraction of sp³-hybridized carbons (Fsp3) is 0.562. The first-order chi connectivity index (χ1) is 9.36. The zero-order chi connectivity index (χ0) is 14.9. The third kappa shape index (κ3) is 2.66. The summed E-state index contributed by atoms with van der Waals surface area (Å²) in [6.45, 7) is 5.75. The maximum atomic E-state index is 12.7. The van der Waals surface area contributed by atoms with Crippen molar-refractivity contribution in [1.82, 2.24) is 4.90 Å². The third-order valence-corrected chi connectivity index (χ3v) is 4.39. The van der Waals surface area contributed by atoms with Crippen molar-refractivity contribution in [3.63, 3.8) is 0 Å². The van der Waals surface area contributed by atoms with Crippen LogP contribution in [0.5, 0.6) is 0 Å². The van der Waals surface area contributed by atoms with Gasteiger partial charge in [0.2, 0.25) is 5.91 Å². The second-order valence-corrected chi connectivity index (χ2v) is 6.27. The Balaban J connectivity index is 2.20. The smallest absolute Gasteiger partial charge is 0.228 e. The number of aliphatic hydroxyl groups is 1. The van der Waals surface area contributed by atoms with Crippen LogP contribution in [0.2, 0.25) is 0 Å². The first-order valence-corrected chi connectivity index (χ1v) is 7.10. The molecule has 0 saturated carbocycles. The zero-order valence-electron chi connectivity index (χ0n) is 12.7. The van der Waals surface area contributed by atoms with Crippen molar-refractivity contribution in [2.24, 2.45) is 5.92 Å². The van der Waals surface area contributed by atoms with Crippen molar-refractivity contribution in [2.45, 2.75) is 38.8 Å². The van der Waals surface area contributed by atoms with Crippen molar-refractivity contribution >= 4 is 11.6 Å². The summed E-state index contributed by atoms with van der Waals surface area (Å²) in [4.78, 5) is 14.4. The molecule has 0 spiro atoms. The SMILES string of the molecule is CC1Nc2ccccc2CC1C(=O)N(C)C(C)(C)CO. The van der Waals surface area contributed by atoms with Crippen molar-refractivity contribution in [1.29, 1.82) is 0 Å². The Morgan fingerprint density at radius 2 is 2.10 bits per heavy atom. The lowest BCUT2D eigenvalue weighted by atomic mass is 9.86. The molecule has 4 nitrogen and oxygen atoms in total. The largest absolute Gasteiger partial charge is 0.394 e. The number of nitrogens with zero attached hydrogens (tertiary/aromatic N) is 1. The molecule has 0 fully saturated rings. The molecule has 1 aromatic carbocycles. The molecule has 1 aromatic rings. The maximum Gasteiger partial charge on any atom is 0.228 e. The number of fused-ring (bicyclic) bond motifs is 1. The number of likely N-dealkylation sites (N-methyl/N-ethyl adjacent to an activating group) is 1. The van der Waals surface area contributed by atoms with Crippen LogP contribution in [0.1, 0.15) is 26.3 Å². The van der Waals surface area contributed by atoms with Crippen LogP contribution in [0.4, 0.5) is 5.69 Å². The Labute approximate surface area is 120 Å². The van der Waals surface area contributed by atoms with Gasteiger partial charge < -0.3 is 15.3 Å². The highest BCUT2D eigenvalue weighted by Crippen LogP contribution is 2.30. The van der Waals surface area contributed by atoms with E-state index in [9.17, 15) is 9.90 Å². The molecule has 110 valence electrons. The summed E-state index contributed by atoms with van der Waals surface area (Å²) in [5.74, 6) is -0.0146. The van der Waals surface area contributed by atoms with Gasteiger partial charge in [-0.2, -0.15) is 0 Å². The zero-order valence-corrected chi connectivity index (χ0v) is 12.7. The topological polar surface area (TPSA) is 52.6 Å². The number of anilines is 1. The van der Waals surface area contributed by atoms with Crippen LogP contribution in [0, 0.1) is 5.92 Å². The van der Waals surface area contributed by atoms with E-state index >= 15 is 0 Å². The summed E-state index contributed by atoms with van der Waals surface area (Å²) in [6, 6.07) is 8.20. The van der Waals surface area contributed by atoms with E-state index in [0.717, 1.165) is 12.1 Å². The van der Waals surface area contributed by atoms with E-state index in [1.165, 1.54) is 5.56 Å². The average Bonchev–Trinajstić information content (AvgIpc) is 2.45. The molecule has 2 N–H and O–H groups in total. The highest BCUT2D eigenvalue weighted by atomic mass is 16.3. The highest BCUT2D eigenvalue weighted by molar-refractivity contribution is 5.82. The summed E-state index contributed by atoms with van der Waals surface area (Å²) in [5.41, 5.74) is 1.76. The summed E-state index contributed by atoms with van der Waals surface area (Å²) >= 11 is 0. The van der Waals surface area contributed by atoms with Gasteiger partial charge in [-0.05, 0) is 38.8 Å². The molecule has 0 saturated heterocycles. The predicted molar refractivity (Wildman–Crippen MR) is 80.7 cm³/mol. The summed E-state index contributed by atoms with van der Waals surface area (Å²) < 4.78 is 0. The monoisotopic (exact) mass is 276 g/mol. The minimum absolute atomic E-state index is 0.0413. The number of hydrogen-bond acceptors (Lipinski definition) is 3. The number of hydrogen-bond donors (Lipinski definition) is 2. The predicted octanol–water partition coefficient (Wildman–Crippen LogP) is 1.89. The fourth-order valence-corrected chi connectivity index (χ4v) is 2.55. The number of nitrogens with one attached hydrogen (secondary N) is 1. The number of benzene rings is 1. The molecular weight excluding hydrogens is 252 g/mol. The van der Waals surface area contributed by atoms with Gasteiger partial charge in [-0.25, -0.2) is 0 Å². The Hall–Kier alpha value is -1.55. The fourth-order valence-electron chi connectivity index (χ4n) is 2.55. The number of aliphatic hydroxyl groups excluding tert-OH is 1. The highest BCUT2D eigenvalue weighted by Gasteiger charge is 2.36. The van der Waals surface area contributed by atoms with Gasteiger partial charge >= 0.3 is 0 Å². The van der Waals surface area contributed by atoms with Crippen LogP contribution >= 0.6 is 0 Å². The molecule has 1 aliphatic rings. The van der Waals surface area contributed by atoms with Gasteiger partial charge in [0.15, 0.2) is 0 Å². The van der Waals surface area contributed by atoms with Crippen molar-refractivity contribution < 1.29 is 9.90 Å². The summed E-state index contributed by atoms with van der Waals surface area (Å²) in [7, 11) is 1.77. The molecule has 0 aliphatic carbocycles. The van der Waals surface area contributed by atoms with E-state index in [1.807, 2.05) is 39.0 Å². The average molecular weight is 276 g/mol. The van der Waals surface area contributed by atoms with Gasteiger partial charge in [0, 0.05) is 18.8 Å². The molecular formula is C16H24N2O2. The van der Waals surface area contributed by atoms with Gasteiger partial charge in [0.1, 0.15) is 0 Å². The van der Waals surface area contributed by atoms with Gasteiger partial charge in [-0.1, -0.05) is 18.2 Å². The second-order valence-electron chi connectivity index (χ2n) is 6.27. The third-order valence-electron chi connectivity index (χ3n) is 4.39. The lowest BCUT2D eigenvalue weighted by molar-refractivity contribution is -0.140. The number of carbonyl (C=O) groups is 1. The minimum Gasteiger partial charge on any atom is -0.394 e. The van der Waals surface area contributed by atoms with E-state index in [1.54, 1.807) is 11.9 Å². The van der Waals surface area contributed by atoms with Crippen molar-refractivity contribution in [3.05, 3.63) is 29.8 Å². The van der Waals surface area contributed by atoms with E-state index in [2.05, 4.69) is 11.4 Å². The molecule has 2 rings (SSSR count). The summed E-state index contributed by atoms with van der Waals surface area (Å²) in [6.07, 6.45) is 0.745. The quantitative estimate of drug-likeness (QED) is 0.886. The van der Waals surface area contributed by atoms with Gasteiger partial charge in [0.05, 0.1) is 18.1 Å². The van der Waals surface area contributed by atoms with Gasteiger partial charge in [-0.15, -0.1) is 0 Å². The lowest BCUT2D eigenvalue weighted by Gasteiger charge is -2.40. The normalized spacial score (nSPS) is 21.9. The molecule has 1 amide bonds. The van der Waals surface area contributed by atoms with Gasteiger partial charge in [-0.3, -0.25) is 4.79 Å². The number of amides is 1. The Bertz CT molecular complexity index is 499.